The lowest BCUT2D eigenvalue weighted by Crippen LogP contribution is -2.41. The molecule has 0 bridgehead atoms. The molecule has 1 aromatic carbocycles. The molecule has 25 heavy (non-hydrogen) atoms. The Morgan fingerprint density at radius 1 is 1.24 bits per heavy atom. The van der Waals surface area contributed by atoms with Crippen LogP contribution >= 0.6 is 0 Å². The number of benzene rings is 1. The van der Waals surface area contributed by atoms with Crippen molar-refractivity contribution >= 4 is 13.2 Å². The smallest absolute Gasteiger partial charge is 0.434 e. The Morgan fingerprint density at radius 2 is 1.84 bits per heavy atom. The molecule has 0 unspecified atom stereocenters. The first-order chi connectivity index (χ1) is 11.6. The number of hydrogen-bond acceptors (Lipinski definition) is 4. The summed E-state index contributed by atoms with van der Waals surface area (Å²) in [7, 11) is 1.10. The Bertz CT molecular complexity index is 634. The van der Waals surface area contributed by atoms with E-state index in [1.807, 2.05) is 27.7 Å². The highest BCUT2D eigenvalue weighted by molar-refractivity contribution is 6.56. The van der Waals surface area contributed by atoms with Crippen LogP contribution in [0.1, 0.15) is 33.3 Å². The van der Waals surface area contributed by atoms with Crippen molar-refractivity contribution in [2.45, 2.75) is 45.5 Å². The molecule has 0 saturated carbocycles. The Hall–Kier alpha value is -1.51. The zero-order chi connectivity index (χ0) is 18.8. The van der Waals surface area contributed by atoms with E-state index in [4.69, 9.17) is 9.31 Å². The van der Waals surface area contributed by atoms with Gasteiger partial charge in [0.25, 0.3) is 0 Å². The van der Waals surface area contributed by atoms with Crippen LogP contribution in [0.3, 0.4) is 0 Å². The van der Waals surface area contributed by atoms with E-state index in [9.17, 15) is 13.2 Å². The minimum absolute atomic E-state index is 0.236. The minimum atomic E-state index is -3.04. The highest BCUT2D eigenvalue weighted by atomic mass is 19.3. The molecule has 1 aliphatic rings. The van der Waals surface area contributed by atoms with E-state index >= 15 is 0 Å². The van der Waals surface area contributed by atoms with Crippen molar-refractivity contribution in [1.29, 1.82) is 0 Å². The molecule has 0 aromatic heterocycles. The number of alkyl halides is 2. The highest BCUT2D eigenvalue weighted by Crippen LogP contribution is 2.39. The summed E-state index contributed by atoms with van der Waals surface area (Å²) in [6.45, 7) is 5.06. The van der Waals surface area contributed by atoms with Gasteiger partial charge in [-0.15, -0.1) is 0 Å². The van der Waals surface area contributed by atoms with E-state index < -0.39 is 30.7 Å². The summed E-state index contributed by atoms with van der Waals surface area (Å²) in [6, 6.07) is 3.50. The molecule has 0 spiro atoms. The summed E-state index contributed by atoms with van der Waals surface area (Å²) < 4.78 is 55.0. The van der Waals surface area contributed by atoms with E-state index in [1.54, 1.807) is 13.1 Å². The molecule has 8 heteroatoms. The van der Waals surface area contributed by atoms with Gasteiger partial charge in [-0.05, 0) is 52.3 Å². The fraction of sp³-hybridized carbons (Fsp3) is 0.529. The third-order valence-corrected chi connectivity index (χ3v) is 4.47. The molecule has 1 heterocycles. The second kappa shape index (κ2) is 7.39. The molecule has 1 saturated heterocycles. The zero-order valence-corrected chi connectivity index (χ0v) is 15.0. The summed E-state index contributed by atoms with van der Waals surface area (Å²) >= 11 is 0. The molecule has 0 radical (unpaired) electrons. The molecule has 1 aromatic rings. The quantitative estimate of drug-likeness (QED) is 0.789. The maximum Gasteiger partial charge on any atom is 0.491 e. The van der Waals surface area contributed by atoms with Gasteiger partial charge < -0.3 is 19.4 Å². The first-order valence-corrected chi connectivity index (χ1v) is 8.01. The summed E-state index contributed by atoms with van der Waals surface area (Å²) in [5.41, 5.74) is -0.0564. The van der Waals surface area contributed by atoms with Gasteiger partial charge in [0.1, 0.15) is 11.6 Å². The van der Waals surface area contributed by atoms with Crippen molar-refractivity contribution in [2.75, 3.05) is 13.6 Å². The van der Waals surface area contributed by atoms with Crippen molar-refractivity contribution in [1.82, 2.24) is 5.32 Å². The van der Waals surface area contributed by atoms with Gasteiger partial charge in [-0.2, -0.15) is 8.78 Å². The van der Waals surface area contributed by atoms with Gasteiger partial charge in [0.15, 0.2) is 0 Å². The monoisotopic (exact) mass is 357 g/mol. The molecule has 1 aliphatic heterocycles. The maximum absolute atomic E-state index is 13.4. The van der Waals surface area contributed by atoms with Crippen molar-refractivity contribution in [2.24, 2.45) is 0 Å². The van der Waals surface area contributed by atoms with Gasteiger partial charge in [0.05, 0.1) is 11.2 Å². The van der Waals surface area contributed by atoms with E-state index in [-0.39, 0.29) is 5.75 Å². The Kier molecular flexibility index (Phi) is 5.86. The predicted octanol–water partition coefficient (Wildman–Crippen LogP) is 3.66. The molecular weight excluding hydrogens is 334 g/mol. The number of halogens is 3. The van der Waals surface area contributed by atoms with Crippen LogP contribution in [0, 0.1) is 5.82 Å². The van der Waals surface area contributed by atoms with Crippen LogP contribution in [0.25, 0.3) is 6.08 Å². The highest BCUT2D eigenvalue weighted by Gasteiger charge is 2.52. The van der Waals surface area contributed by atoms with Crippen LogP contribution in [0.2, 0.25) is 0 Å². The maximum atomic E-state index is 13.4. The average Bonchev–Trinajstić information content (AvgIpc) is 2.69. The predicted molar refractivity (Wildman–Crippen MR) is 91.0 cm³/mol. The van der Waals surface area contributed by atoms with Crippen LogP contribution in [-0.4, -0.2) is 38.5 Å². The van der Waals surface area contributed by atoms with Crippen LogP contribution in [0.4, 0.5) is 13.2 Å². The molecule has 0 aliphatic carbocycles. The fourth-order valence-electron chi connectivity index (χ4n) is 2.43. The SMILES string of the molecule is CNCC(=Cc1ccc(F)cc1OC(F)F)B1OC(C)(C)C(C)(C)O1. The number of ether oxygens (including phenoxy) is 1. The van der Waals surface area contributed by atoms with Crippen molar-refractivity contribution in [3.05, 3.63) is 35.1 Å². The lowest BCUT2D eigenvalue weighted by molar-refractivity contribution is -0.0501. The van der Waals surface area contributed by atoms with Crippen LogP contribution in [0.5, 0.6) is 5.75 Å². The minimum Gasteiger partial charge on any atom is -0.434 e. The summed E-state index contributed by atoms with van der Waals surface area (Å²) in [5.74, 6) is -0.890. The first kappa shape index (κ1) is 19.8. The number of rotatable bonds is 6. The number of hydrogen-bond donors (Lipinski definition) is 1. The van der Waals surface area contributed by atoms with Crippen molar-refractivity contribution < 1.29 is 27.2 Å². The lowest BCUT2D eigenvalue weighted by atomic mass is 9.77. The Labute approximate surface area is 146 Å². The van der Waals surface area contributed by atoms with Crippen molar-refractivity contribution in [3.8, 4) is 5.75 Å². The Balaban J connectivity index is 2.38. The standard InChI is InChI=1S/C17H23BF3NO3/c1-16(2)17(3,4)25-18(24-16)12(10-22-5)8-11-6-7-13(19)9-14(11)23-15(20)21/h6-9,15,22H,10H2,1-5H3. The van der Waals surface area contributed by atoms with Gasteiger partial charge >= 0.3 is 13.7 Å². The molecule has 1 N–H and O–H groups in total. The third-order valence-electron chi connectivity index (χ3n) is 4.47. The molecule has 0 atom stereocenters. The number of likely N-dealkylation sites (N-methyl/N-ethyl adjacent to an activating group) is 1. The fourth-order valence-corrected chi connectivity index (χ4v) is 2.43. The van der Waals surface area contributed by atoms with E-state index in [1.165, 1.54) is 12.1 Å². The third kappa shape index (κ3) is 4.57. The average molecular weight is 357 g/mol. The van der Waals surface area contributed by atoms with Gasteiger partial charge in [0.2, 0.25) is 0 Å². The van der Waals surface area contributed by atoms with E-state index in [2.05, 4.69) is 10.1 Å². The van der Waals surface area contributed by atoms with Crippen LogP contribution in [-0.2, 0) is 9.31 Å². The van der Waals surface area contributed by atoms with Crippen LogP contribution in [0.15, 0.2) is 23.7 Å². The molecule has 138 valence electrons. The second-order valence-electron chi connectivity index (χ2n) is 6.90. The Morgan fingerprint density at radius 3 is 2.36 bits per heavy atom. The summed E-state index contributed by atoms with van der Waals surface area (Å²) in [6.07, 6.45) is 1.62. The van der Waals surface area contributed by atoms with E-state index in [0.29, 0.717) is 17.6 Å². The van der Waals surface area contributed by atoms with Gasteiger partial charge in [-0.25, -0.2) is 4.39 Å². The molecule has 1 fully saturated rings. The first-order valence-electron chi connectivity index (χ1n) is 8.01. The number of nitrogens with one attached hydrogen (secondary N) is 1. The largest absolute Gasteiger partial charge is 0.491 e. The molecule has 0 amide bonds. The normalized spacial score (nSPS) is 19.6. The van der Waals surface area contributed by atoms with Crippen LogP contribution < -0.4 is 10.1 Å². The van der Waals surface area contributed by atoms with Gasteiger partial charge in [-0.1, -0.05) is 6.08 Å². The molecule has 4 nitrogen and oxygen atoms in total. The van der Waals surface area contributed by atoms with Gasteiger partial charge in [0, 0.05) is 18.2 Å². The summed E-state index contributed by atoms with van der Waals surface area (Å²) in [4.78, 5) is 0. The molecular formula is C17H23BF3NO3. The molecule has 2 rings (SSSR count). The lowest BCUT2D eigenvalue weighted by Gasteiger charge is -2.32. The topological polar surface area (TPSA) is 39.7 Å². The summed E-state index contributed by atoms with van der Waals surface area (Å²) in [5, 5.41) is 3.00. The zero-order valence-electron chi connectivity index (χ0n) is 15.0. The second-order valence-corrected chi connectivity index (χ2v) is 6.90. The van der Waals surface area contributed by atoms with Gasteiger partial charge in [-0.3, -0.25) is 0 Å². The van der Waals surface area contributed by atoms with E-state index in [0.717, 1.165) is 6.07 Å². The van der Waals surface area contributed by atoms with Crippen molar-refractivity contribution in [3.63, 3.8) is 0 Å².